The number of carbonyl (C=O) groups excluding carboxylic acids is 1. The molecule has 0 aliphatic heterocycles. The number of Topliss-reactive ketones (excluding diaryl/α,β-unsaturated/α-hetero) is 1. The molecule has 0 heterocycles. The number of halogens is 1. The molecule has 1 atom stereocenters. The number of ketones is 1. The third-order valence-electron chi connectivity index (χ3n) is 3.43. The fraction of sp³-hybridized carbons (Fsp3) is 0.846. The summed E-state index contributed by atoms with van der Waals surface area (Å²) in [5.74, 6) is 0.926. The molecule has 2 aliphatic carbocycles. The molecule has 2 aliphatic rings. The van der Waals surface area contributed by atoms with Crippen LogP contribution < -0.4 is 5.32 Å². The maximum Gasteiger partial charge on any atom is 0.471 e. The second-order valence-corrected chi connectivity index (χ2v) is 9.07. The first-order valence-electron chi connectivity index (χ1n) is 7.08. The third-order valence-corrected chi connectivity index (χ3v) is 7.43. The van der Waals surface area contributed by atoms with Gasteiger partial charge in [-0.3, -0.25) is 4.79 Å². The van der Waals surface area contributed by atoms with E-state index in [9.17, 15) is 9.59 Å². The van der Waals surface area contributed by atoms with E-state index < -0.39 is 6.09 Å². The van der Waals surface area contributed by atoms with Crippen molar-refractivity contribution < 1.29 is 14.7 Å². The molecule has 2 N–H and O–H groups in total. The summed E-state index contributed by atoms with van der Waals surface area (Å²) in [6, 6.07) is 0. The van der Waals surface area contributed by atoms with E-state index in [2.05, 4.69) is 18.2 Å². The van der Waals surface area contributed by atoms with Crippen molar-refractivity contribution in [2.75, 3.05) is 6.54 Å². The van der Waals surface area contributed by atoms with Gasteiger partial charge in [0.1, 0.15) is 5.78 Å². The summed E-state index contributed by atoms with van der Waals surface area (Å²) in [7, 11) is 0. The highest BCUT2D eigenvalue weighted by atomic mass is 79.9. The monoisotopic (exact) mass is 343 g/mol. The number of nitrogens with one attached hydrogen (secondary N) is 1. The lowest BCUT2D eigenvalue weighted by atomic mass is 10.0. The van der Waals surface area contributed by atoms with Crippen LogP contribution in [0.15, 0.2) is 0 Å². The number of hydrogen-bond donors (Lipinski definition) is 2. The maximum absolute atomic E-state index is 11.3. The minimum Gasteiger partial charge on any atom is -0.465 e. The highest BCUT2D eigenvalue weighted by Gasteiger charge is 2.28. The molecule has 0 aromatic rings. The molecule has 0 aromatic heterocycles. The molecule has 4 nitrogen and oxygen atoms in total. The minimum atomic E-state index is -0.995. The molecule has 0 unspecified atom stereocenters. The number of carbonyl (C=O) groups is 2. The van der Waals surface area contributed by atoms with Crippen molar-refractivity contribution in [2.24, 2.45) is 11.8 Å². The largest absolute Gasteiger partial charge is 0.471 e. The first-order chi connectivity index (χ1) is 9.02. The van der Waals surface area contributed by atoms with Gasteiger partial charge >= 0.3 is 24.3 Å². The van der Waals surface area contributed by atoms with Gasteiger partial charge in [0.15, 0.2) is 0 Å². The molecule has 0 saturated heterocycles. The van der Waals surface area contributed by atoms with E-state index in [1.54, 1.807) is 0 Å². The molecule has 0 aromatic carbocycles. The molecule has 6 heteroatoms. The van der Waals surface area contributed by atoms with Gasteiger partial charge in [-0.25, -0.2) is 4.79 Å². The average molecular weight is 345 g/mol. The van der Waals surface area contributed by atoms with Crippen LogP contribution in [-0.4, -0.2) is 41.7 Å². The Hall–Kier alpha value is 0.186. The van der Waals surface area contributed by atoms with Crippen molar-refractivity contribution in [1.82, 2.24) is 5.32 Å². The first-order valence-corrected chi connectivity index (χ1v) is 11.8. The lowest BCUT2D eigenvalue weighted by molar-refractivity contribution is -0.120. The van der Waals surface area contributed by atoms with Crippen molar-refractivity contribution >= 4 is 43.0 Å². The molecular weight excluding hydrogens is 322 g/mol. The van der Waals surface area contributed by atoms with E-state index in [1.807, 2.05) is 6.92 Å². The van der Waals surface area contributed by atoms with Crippen LogP contribution in [0.3, 0.4) is 0 Å². The molecule has 0 spiro atoms. The van der Waals surface area contributed by atoms with Gasteiger partial charge < -0.3 is 23.3 Å². The van der Waals surface area contributed by atoms with Gasteiger partial charge in [-0.15, -0.1) is 4.05 Å². The van der Waals surface area contributed by atoms with Gasteiger partial charge in [0, 0.05) is 18.9 Å². The van der Waals surface area contributed by atoms with Crippen molar-refractivity contribution in [1.29, 1.82) is 0 Å². The van der Waals surface area contributed by atoms with E-state index in [0.29, 0.717) is 24.7 Å². The lowest BCUT2D eigenvalue weighted by Crippen LogP contribution is -2.26. The number of amides is 1. The molecule has 1 amide bonds. The summed E-state index contributed by atoms with van der Waals surface area (Å²) in [5, 5.41) is 10.7. The van der Waals surface area contributed by atoms with Gasteiger partial charge in [0.25, 0.3) is 0 Å². The molecule has 2 fully saturated rings. The van der Waals surface area contributed by atoms with Crippen LogP contribution in [0.5, 0.6) is 0 Å². The summed E-state index contributed by atoms with van der Waals surface area (Å²) >= 11 is 3.79. The average Bonchev–Trinajstić information content (AvgIpc) is 3.25. The van der Waals surface area contributed by atoms with Crippen LogP contribution in [0, 0.1) is 11.8 Å². The smallest absolute Gasteiger partial charge is 0.465 e. The van der Waals surface area contributed by atoms with E-state index in [-0.39, 0.29) is 24.1 Å². The van der Waals surface area contributed by atoms with Crippen LogP contribution in [0.25, 0.3) is 0 Å². The molecule has 106 valence electrons. The predicted molar refractivity (Wildman–Crippen MR) is 79.8 cm³/mol. The Morgan fingerprint density at radius 2 is 2.00 bits per heavy atom. The van der Waals surface area contributed by atoms with Crippen LogP contribution in [0.2, 0.25) is 4.05 Å². The van der Waals surface area contributed by atoms with Gasteiger partial charge in [0.2, 0.25) is 0 Å². The summed E-state index contributed by atoms with van der Waals surface area (Å²) in [5.41, 5.74) is 0. The van der Waals surface area contributed by atoms with Gasteiger partial charge in [-0.2, -0.15) is 0 Å². The standard InChI is InChI=1S/C10H17NO3.C3H5.BrH.Mg/c1-7(6-11-10(13)14)2-5-9(12)8-3-4-8;1-2-3-1;;/h7-8,11H,2-6H2,1H3,(H,13,14);1H,2-3H2;1H;/q;;;+1/p-1/t7-;;;/m0.../s1. The van der Waals surface area contributed by atoms with Crippen molar-refractivity contribution in [3.63, 3.8) is 0 Å². The Morgan fingerprint density at radius 3 is 2.37 bits per heavy atom. The fourth-order valence-electron chi connectivity index (χ4n) is 1.63. The molecule has 0 radical (unpaired) electrons. The van der Waals surface area contributed by atoms with Gasteiger partial charge in [0.05, 0.1) is 0 Å². The minimum absolute atomic E-state index is 0.244. The Bertz CT molecular complexity index is 306. The van der Waals surface area contributed by atoms with Crippen LogP contribution in [0.1, 0.15) is 45.4 Å². The Balaban J connectivity index is 0.000000300. The SMILES string of the molecule is C[C@@H](CCC(=O)C1CC1)CNC(=O)O.[Br][Mg][CH]1CC1. The summed E-state index contributed by atoms with van der Waals surface area (Å²) < 4.78 is 1.19. The Labute approximate surface area is 130 Å². The van der Waals surface area contributed by atoms with E-state index in [1.165, 1.54) is 16.9 Å². The predicted octanol–water partition coefficient (Wildman–Crippen LogP) is 3.23. The zero-order valence-electron chi connectivity index (χ0n) is 11.5. The van der Waals surface area contributed by atoms with Crippen molar-refractivity contribution in [2.45, 2.75) is 49.5 Å². The second-order valence-electron chi connectivity index (χ2n) is 5.67. The van der Waals surface area contributed by atoms with Gasteiger partial charge in [-0.1, -0.05) is 19.8 Å². The number of rotatable bonds is 7. The quantitative estimate of drug-likeness (QED) is 0.697. The maximum atomic E-state index is 11.3. The second kappa shape index (κ2) is 9.18. The molecule has 19 heavy (non-hydrogen) atoms. The third kappa shape index (κ3) is 9.68. The van der Waals surface area contributed by atoms with Crippen LogP contribution in [0.4, 0.5) is 4.79 Å². The van der Waals surface area contributed by atoms with Crippen molar-refractivity contribution in [3.8, 4) is 0 Å². The molecular formula is C13H22BrMgNO3. The lowest BCUT2D eigenvalue weighted by Gasteiger charge is -2.09. The summed E-state index contributed by atoms with van der Waals surface area (Å²) in [6.07, 6.45) is 5.56. The zero-order valence-corrected chi connectivity index (χ0v) is 14.5. The molecule has 0 bridgehead atoms. The van der Waals surface area contributed by atoms with Crippen LogP contribution in [-0.2, 0) is 4.79 Å². The zero-order chi connectivity index (χ0) is 14.3. The van der Waals surface area contributed by atoms with Crippen LogP contribution >= 0.6 is 12.9 Å². The Kier molecular flexibility index (Phi) is 8.33. The topological polar surface area (TPSA) is 66.4 Å². The van der Waals surface area contributed by atoms with E-state index >= 15 is 0 Å². The highest BCUT2D eigenvalue weighted by molar-refractivity contribution is 9.23. The number of hydrogen-bond acceptors (Lipinski definition) is 2. The normalized spacial score (nSPS) is 18.6. The summed E-state index contributed by atoms with van der Waals surface area (Å²) in [4.78, 5) is 21.5. The van der Waals surface area contributed by atoms with Crippen molar-refractivity contribution in [3.05, 3.63) is 0 Å². The van der Waals surface area contributed by atoms with E-state index in [0.717, 1.165) is 19.3 Å². The molecule has 2 rings (SSSR count). The fourth-order valence-corrected chi connectivity index (χ4v) is 4.12. The first kappa shape index (κ1) is 17.2. The number of carboxylic acid groups (broad SMARTS) is 1. The van der Waals surface area contributed by atoms with Gasteiger partial charge in [-0.05, 0) is 25.2 Å². The van der Waals surface area contributed by atoms with E-state index in [4.69, 9.17) is 5.11 Å². The Morgan fingerprint density at radius 1 is 1.37 bits per heavy atom. The molecule has 2 saturated carbocycles. The highest BCUT2D eigenvalue weighted by Crippen LogP contribution is 2.35. The summed E-state index contributed by atoms with van der Waals surface area (Å²) in [6.45, 7) is 2.39.